The lowest BCUT2D eigenvalue weighted by atomic mass is 10.2. The van der Waals surface area contributed by atoms with Crippen molar-refractivity contribution >= 4 is 22.8 Å². The summed E-state index contributed by atoms with van der Waals surface area (Å²) in [5.74, 6) is 0. The SMILES string of the molecule is CCN1CCN(c2ncc(C=O)s2)CC1C. The molecule has 5 heteroatoms. The molecule has 0 aliphatic carbocycles. The maximum Gasteiger partial charge on any atom is 0.186 e. The maximum atomic E-state index is 10.6. The summed E-state index contributed by atoms with van der Waals surface area (Å²) in [7, 11) is 0. The summed E-state index contributed by atoms with van der Waals surface area (Å²) in [5, 5.41) is 0.977. The second-order valence-corrected chi connectivity index (χ2v) is 5.13. The van der Waals surface area contributed by atoms with Crippen LogP contribution < -0.4 is 4.90 Å². The first-order valence-electron chi connectivity index (χ1n) is 5.64. The molecular weight excluding hydrogens is 222 g/mol. The minimum Gasteiger partial charge on any atom is -0.345 e. The zero-order valence-corrected chi connectivity index (χ0v) is 10.5. The molecule has 1 atom stereocenters. The molecule has 0 spiro atoms. The lowest BCUT2D eigenvalue weighted by Gasteiger charge is -2.39. The average molecular weight is 239 g/mol. The normalized spacial score (nSPS) is 22.4. The Labute approximate surface area is 99.9 Å². The standard InChI is InChI=1S/C11H17N3OS/c1-3-13-4-5-14(7-9(13)2)11-12-6-10(8-15)16-11/h6,8-9H,3-5,7H2,1-2H3. The van der Waals surface area contributed by atoms with Gasteiger partial charge in [-0.15, -0.1) is 0 Å². The van der Waals surface area contributed by atoms with Gasteiger partial charge in [-0.25, -0.2) is 4.98 Å². The van der Waals surface area contributed by atoms with Gasteiger partial charge < -0.3 is 4.90 Å². The van der Waals surface area contributed by atoms with Crippen molar-refractivity contribution < 1.29 is 4.79 Å². The summed E-state index contributed by atoms with van der Waals surface area (Å²) in [6, 6.07) is 0.558. The van der Waals surface area contributed by atoms with E-state index in [9.17, 15) is 4.79 Å². The van der Waals surface area contributed by atoms with Crippen LogP contribution in [-0.4, -0.2) is 48.4 Å². The van der Waals surface area contributed by atoms with Crippen molar-refractivity contribution in [3.05, 3.63) is 11.1 Å². The zero-order chi connectivity index (χ0) is 11.5. The van der Waals surface area contributed by atoms with Gasteiger partial charge in [0.25, 0.3) is 0 Å². The molecule has 1 unspecified atom stereocenters. The van der Waals surface area contributed by atoms with E-state index in [2.05, 4.69) is 28.6 Å². The molecule has 1 aliphatic rings. The van der Waals surface area contributed by atoms with Gasteiger partial charge in [0.15, 0.2) is 11.4 Å². The molecule has 1 fully saturated rings. The van der Waals surface area contributed by atoms with E-state index in [4.69, 9.17) is 0 Å². The molecule has 0 amide bonds. The Balaban J connectivity index is 2.04. The Hall–Kier alpha value is -0.940. The summed E-state index contributed by atoms with van der Waals surface area (Å²) < 4.78 is 0. The highest BCUT2D eigenvalue weighted by molar-refractivity contribution is 7.17. The van der Waals surface area contributed by atoms with E-state index in [1.54, 1.807) is 6.20 Å². The molecule has 16 heavy (non-hydrogen) atoms. The second kappa shape index (κ2) is 4.93. The van der Waals surface area contributed by atoms with Crippen LogP contribution in [0.5, 0.6) is 0 Å². The molecule has 0 radical (unpaired) electrons. The van der Waals surface area contributed by atoms with Gasteiger partial charge in [-0.3, -0.25) is 9.69 Å². The fourth-order valence-electron chi connectivity index (χ4n) is 2.12. The zero-order valence-electron chi connectivity index (χ0n) is 9.72. The van der Waals surface area contributed by atoms with Crippen molar-refractivity contribution in [1.29, 1.82) is 0 Å². The highest BCUT2D eigenvalue weighted by Gasteiger charge is 2.23. The Bertz CT molecular complexity index is 366. The predicted octanol–water partition coefficient (Wildman–Crippen LogP) is 1.49. The third kappa shape index (κ3) is 2.25. The number of hydrogen-bond donors (Lipinski definition) is 0. The highest BCUT2D eigenvalue weighted by atomic mass is 32.1. The Morgan fingerprint density at radius 3 is 3.00 bits per heavy atom. The van der Waals surface area contributed by atoms with Gasteiger partial charge in [-0.05, 0) is 13.5 Å². The third-order valence-corrected chi connectivity index (χ3v) is 4.05. The van der Waals surface area contributed by atoms with Gasteiger partial charge in [0.1, 0.15) is 0 Å². The number of hydrogen-bond acceptors (Lipinski definition) is 5. The number of thiazole rings is 1. The first-order valence-corrected chi connectivity index (χ1v) is 6.46. The fraction of sp³-hybridized carbons (Fsp3) is 0.636. The summed E-state index contributed by atoms with van der Waals surface area (Å²) in [5.41, 5.74) is 0. The van der Waals surface area contributed by atoms with Crippen LogP contribution in [0.25, 0.3) is 0 Å². The van der Waals surface area contributed by atoms with Crippen LogP contribution in [0.4, 0.5) is 5.13 Å². The van der Waals surface area contributed by atoms with Crippen molar-refractivity contribution in [2.24, 2.45) is 0 Å². The largest absolute Gasteiger partial charge is 0.345 e. The lowest BCUT2D eigenvalue weighted by molar-refractivity contribution is 0.112. The topological polar surface area (TPSA) is 36.4 Å². The molecule has 0 aromatic carbocycles. The summed E-state index contributed by atoms with van der Waals surface area (Å²) in [6.07, 6.45) is 2.52. The molecule has 0 saturated carbocycles. The molecule has 4 nitrogen and oxygen atoms in total. The van der Waals surface area contributed by atoms with Crippen LogP contribution in [0, 0.1) is 0 Å². The van der Waals surface area contributed by atoms with Crippen molar-refractivity contribution in [2.45, 2.75) is 19.9 Å². The fourth-order valence-corrected chi connectivity index (χ4v) is 2.88. The monoisotopic (exact) mass is 239 g/mol. The average Bonchev–Trinajstić information content (AvgIpc) is 2.77. The van der Waals surface area contributed by atoms with E-state index in [1.165, 1.54) is 11.3 Å². The first-order chi connectivity index (χ1) is 7.74. The molecular formula is C11H17N3OS. The Morgan fingerprint density at radius 1 is 1.62 bits per heavy atom. The van der Waals surface area contributed by atoms with E-state index in [0.29, 0.717) is 10.9 Å². The van der Waals surface area contributed by atoms with E-state index in [1.807, 2.05) is 0 Å². The third-order valence-electron chi connectivity index (χ3n) is 3.07. The van der Waals surface area contributed by atoms with Crippen LogP contribution in [-0.2, 0) is 0 Å². The van der Waals surface area contributed by atoms with Crippen molar-refractivity contribution in [2.75, 3.05) is 31.1 Å². The highest BCUT2D eigenvalue weighted by Crippen LogP contribution is 2.23. The number of rotatable bonds is 3. The number of piperazine rings is 1. The molecule has 1 saturated heterocycles. The van der Waals surface area contributed by atoms with Crippen molar-refractivity contribution in [1.82, 2.24) is 9.88 Å². The predicted molar refractivity (Wildman–Crippen MR) is 66.4 cm³/mol. The van der Waals surface area contributed by atoms with Gasteiger partial charge in [-0.1, -0.05) is 18.3 Å². The molecule has 0 bridgehead atoms. The van der Waals surface area contributed by atoms with Crippen LogP contribution in [0.2, 0.25) is 0 Å². The van der Waals surface area contributed by atoms with Gasteiger partial charge in [-0.2, -0.15) is 0 Å². The van der Waals surface area contributed by atoms with Gasteiger partial charge >= 0.3 is 0 Å². The number of likely N-dealkylation sites (N-methyl/N-ethyl adjacent to an activating group) is 1. The number of carbonyl (C=O) groups excluding carboxylic acids is 1. The number of nitrogens with zero attached hydrogens (tertiary/aromatic N) is 3. The van der Waals surface area contributed by atoms with E-state index in [0.717, 1.165) is 37.6 Å². The van der Waals surface area contributed by atoms with Gasteiger partial charge in [0, 0.05) is 25.7 Å². The van der Waals surface area contributed by atoms with Crippen molar-refractivity contribution in [3.63, 3.8) is 0 Å². The minimum absolute atomic E-state index is 0.558. The van der Waals surface area contributed by atoms with E-state index >= 15 is 0 Å². The maximum absolute atomic E-state index is 10.6. The number of aldehydes is 1. The smallest absolute Gasteiger partial charge is 0.186 e. The molecule has 1 aliphatic heterocycles. The Morgan fingerprint density at radius 2 is 2.44 bits per heavy atom. The van der Waals surface area contributed by atoms with Crippen LogP contribution in [0.1, 0.15) is 23.5 Å². The second-order valence-electron chi connectivity index (χ2n) is 4.09. The molecule has 0 N–H and O–H groups in total. The van der Waals surface area contributed by atoms with Crippen LogP contribution in [0.15, 0.2) is 6.20 Å². The summed E-state index contributed by atoms with van der Waals surface area (Å²) in [4.78, 5) is 20.3. The molecule has 2 heterocycles. The number of anilines is 1. The first kappa shape index (κ1) is 11.5. The quantitative estimate of drug-likeness (QED) is 0.749. The van der Waals surface area contributed by atoms with Gasteiger partial charge in [0.2, 0.25) is 0 Å². The molecule has 88 valence electrons. The van der Waals surface area contributed by atoms with Gasteiger partial charge in [0.05, 0.1) is 11.1 Å². The van der Waals surface area contributed by atoms with E-state index in [-0.39, 0.29) is 0 Å². The molecule has 1 aromatic rings. The molecule has 2 rings (SSSR count). The lowest BCUT2D eigenvalue weighted by Crippen LogP contribution is -2.51. The summed E-state index contributed by atoms with van der Waals surface area (Å²) in [6.45, 7) is 8.62. The van der Waals surface area contributed by atoms with E-state index < -0.39 is 0 Å². The number of carbonyl (C=O) groups is 1. The van der Waals surface area contributed by atoms with Crippen molar-refractivity contribution in [3.8, 4) is 0 Å². The Kier molecular flexibility index (Phi) is 3.56. The van der Waals surface area contributed by atoms with Crippen LogP contribution in [0.3, 0.4) is 0 Å². The number of aromatic nitrogens is 1. The minimum atomic E-state index is 0.558. The van der Waals surface area contributed by atoms with Crippen LogP contribution >= 0.6 is 11.3 Å². The molecule has 1 aromatic heterocycles. The summed E-state index contributed by atoms with van der Waals surface area (Å²) >= 11 is 1.48.